The molecular formula is C21H20FN3O2S. The molecule has 144 valence electrons. The first-order valence-electron chi connectivity index (χ1n) is 9.24. The third kappa shape index (κ3) is 3.05. The topological polar surface area (TPSA) is 55.2 Å². The number of amides is 1. The molecule has 1 aliphatic heterocycles. The van der Waals surface area contributed by atoms with Gasteiger partial charge in [0.15, 0.2) is 5.69 Å². The Morgan fingerprint density at radius 1 is 1.32 bits per heavy atom. The fraction of sp³-hybridized carbons (Fsp3) is 0.286. The number of benzene rings is 1. The lowest BCUT2D eigenvalue weighted by atomic mass is 9.97. The van der Waals surface area contributed by atoms with Crippen LogP contribution in [0.5, 0.6) is 0 Å². The van der Waals surface area contributed by atoms with Crippen molar-refractivity contribution >= 4 is 17.2 Å². The molecular weight excluding hydrogens is 377 g/mol. The molecule has 3 aromatic rings. The van der Waals surface area contributed by atoms with E-state index in [0.29, 0.717) is 12.2 Å². The molecule has 0 fully saturated rings. The SMILES string of the molecule is CCC1c2ccsc2CCN1C(=O)c1nn(-c2ccccc2F)c(C)cc1=O. The van der Waals surface area contributed by atoms with Crippen molar-refractivity contribution < 1.29 is 9.18 Å². The second-order valence-corrected chi connectivity index (χ2v) is 7.83. The lowest BCUT2D eigenvalue weighted by Gasteiger charge is -2.35. The zero-order chi connectivity index (χ0) is 19.8. The van der Waals surface area contributed by atoms with E-state index < -0.39 is 17.2 Å². The predicted molar refractivity (Wildman–Crippen MR) is 107 cm³/mol. The van der Waals surface area contributed by atoms with Crippen LogP contribution in [0.25, 0.3) is 5.69 Å². The highest BCUT2D eigenvalue weighted by Crippen LogP contribution is 2.35. The lowest BCUT2D eigenvalue weighted by molar-refractivity contribution is 0.0647. The molecule has 3 heterocycles. The Kier molecular flexibility index (Phi) is 4.85. The van der Waals surface area contributed by atoms with Crippen LogP contribution in [0.15, 0.2) is 46.6 Å². The molecule has 1 atom stereocenters. The highest BCUT2D eigenvalue weighted by molar-refractivity contribution is 7.10. The van der Waals surface area contributed by atoms with Crippen molar-refractivity contribution in [1.29, 1.82) is 0 Å². The standard InChI is InChI=1S/C21H20FN3O2S/c1-3-16-14-9-11-28-19(14)8-10-24(16)21(27)20-18(26)12-13(2)25(23-20)17-7-5-4-6-15(17)22/h4-7,9,11-12,16H,3,8,10H2,1-2H3. The van der Waals surface area contributed by atoms with E-state index in [2.05, 4.69) is 5.10 Å². The number of halogens is 1. The fourth-order valence-corrected chi connectivity index (χ4v) is 4.71. The van der Waals surface area contributed by atoms with Gasteiger partial charge in [-0.2, -0.15) is 5.10 Å². The van der Waals surface area contributed by atoms with Gasteiger partial charge in [0.05, 0.1) is 6.04 Å². The molecule has 1 aromatic carbocycles. The Hall–Kier alpha value is -2.80. The molecule has 5 nitrogen and oxygen atoms in total. The monoisotopic (exact) mass is 397 g/mol. The minimum atomic E-state index is -0.465. The molecule has 1 unspecified atom stereocenters. The van der Waals surface area contributed by atoms with Crippen molar-refractivity contribution in [3.63, 3.8) is 0 Å². The maximum absolute atomic E-state index is 14.3. The van der Waals surface area contributed by atoms with E-state index in [-0.39, 0.29) is 17.4 Å². The summed E-state index contributed by atoms with van der Waals surface area (Å²) in [5.41, 5.74) is 1.21. The van der Waals surface area contributed by atoms with Crippen LogP contribution in [0.3, 0.4) is 0 Å². The average molecular weight is 397 g/mol. The molecule has 2 aromatic heterocycles. The van der Waals surface area contributed by atoms with Gasteiger partial charge in [-0.3, -0.25) is 9.59 Å². The first kappa shape index (κ1) is 18.6. The van der Waals surface area contributed by atoms with Gasteiger partial charge < -0.3 is 4.90 Å². The lowest BCUT2D eigenvalue weighted by Crippen LogP contribution is -2.42. The summed E-state index contributed by atoms with van der Waals surface area (Å²) in [5, 5.41) is 6.30. The van der Waals surface area contributed by atoms with E-state index in [1.807, 2.05) is 18.4 Å². The first-order chi connectivity index (χ1) is 13.5. The quantitative estimate of drug-likeness (QED) is 0.674. The maximum atomic E-state index is 14.3. The number of aromatic nitrogens is 2. The summed E-state index contributed by atoms with van der Waals surface area (Å²) in [5.74, 6) is -0.869. The number of nitrogens with zero attached hydrogens (tertiary/aromatic N) is 3. The van der Waals surface area contributed by atoms with Crippen LogP contribution < -0.4 is 5.43 Å². The van der Waals surface area contributed by atoms with Gasteiger partial charge in [0.2, 0.25) is 5.43 Å². The zero-order valence-corrected chi connectivity index (χ0v) is 16.5. The number of carbonyl (C=O) groups is 1. The number of fused-ring (bicyclic) bond motifs is 1. The zero-order valence-electron chi connectivity index (χ0n) is 15.7. The van der Waals surface area contributed by atoms with Gasteiger partial charge >= 0.3 is 0 Å². The van der Waals surface area contributed by atoms with Gasteiger partial charge in [-0.15, -0.1) is 11.3 Å². The van der Waals surface area contributed by atoms with Crippen LogP contribution in [0.2, 0.25) is 0 Å². The van der Waals surface area contributed by atoms with Gasteiger partial charge in [-0.1, -0.05) is 19.1 Å². The van der Waals surface area contributed by atoms with Crippen LogP contribution >= 0.6 is 11.3 Å². The third-order valence-electron chi connectivity index (χ3n) is 5.13. The summed E-state index contributed by atoms with van der Waals surface area (Å²) in [6.45, 7) is 4.24. The molecule has 0 N–H and O–H groups in total. The highest BCUT2D eigenvalue weighted by atomic mass is 32.1. The summed E-state index contributed by atoms with van der Waals surface area (Å²) < 4.78 is 15.6. The largest absolute Gasteiger partial charge is 0.330 e. The molecule has 1 amide bonds. The van der Waals surface area contributed by atoms with Crippen molar-refractivity contribution in [2.24, 2.45) is 0 Å². The van der Waals surface area contributed by atoms with Crippen molar-refractivity contribution in [2.75, 3.05) is 6.54 Å². The van der Waals surface area contributed by atoms with E-state index in [1.54, 1.807) is 41.4 Å². The first-order valence-corrected chi connectivity index (χ1v) is 10.1. The summed E-state index contributed by atoms with van der Waals surface area (Å²) in [4.78, 5) is 28.8. The van der Waals surface area contributed by atoms with E-state index in [0.717, 1.165) is 18.4 Å². The van der Waals surface area contributed by atoms with E-state index in [9.17, 15) is 14.0 Å². The van der Waals surface area contributed by atoms with Crippen molar-refractivity contribution in [2.45, 2.75) is 32.7 Å². The minimum absolute atomic E-state index is 0.0769. The Bertz CT molecular complexity index is 1110. The second-order valence-electron chi connectivity index (χ2n) is 6.83. The average Bonchev–Trinajstić information content (AvgIpc) is 3.16. The van der Waals surface area contributed by atoms with Crippen LogP contribution in [0.4, 0.5) is 4.39 Å². The van der Waals surface area contributed by atoms with Crippen molar-refractivity contribution in [3.05, 3.63) is 79.6 Å². The molecule has 0 saturated carbocycles. The van der Waals surface area contributed by atoms with Crippen LogP contribution in [-0.4, -0.2) is 27.1 Å². The van der Waals surface area contributed by atoms with Crippen molar-refractivity contribution in [1.82, 2.24) is 14.7 Å². The van der Waals surface area contributed by atoms with Crippen molar-refractivity contribution in [3.8, 4) is 5.69 Å². The molecule has 0 saturated heterocycles. The molecule has 1 aliphatic rings. The highest BCUT2D eigenvalue weighted by Gasteiger charge is 2.33. The summed E-state index contributed by atoms with van der Waals surface area (Å²) in [7, 11) is 0. The van der Waals surface area contributed by atoms with Gasteiger partial charge in [0, 0.05) is 23.2 Å². The predicted octanol–water partition coefficient (Wildman–Crippen LogP) is 3.89. The number of hydrogen-bond acceptors (Lipinski definition) is 4. The normalized spacial score (nSPS) is 16.1. The summed E-state index contributed by atoms with van der Waals surface area (Å²) in [6.07, 6.45) is 1.52. The smallest absolute Gasteiger partial charge is 0.278 e. The Morgan fingerprint density at radius 3 is 2.86 bits per heavy atom. The Morgan fingerprint density at radius 2 is 2.11 bits per heavy atom. The van der Waals surface area contributed by atoms with Gasteiger partial charge in [-0.05, 0) is 48.9 Å². The van der Waals surface area contributed by atoms with Gasteiger partial charge in [-0.25, -0.2) is 9.07 Å². The molecule has 0 aliphatic carbocycles. The fourth-order valence-electron chi connectivity index (χ4n) is 3.78. The summed E-state index contributed by atoms with van der Waals surface area (Å²) in [6, 6.07) is 9.48. The number of hydrogen-bond donors (Lipinski definition) is 0. The number of para-hydroxylation sites is 1. The molecule has 0 radical (unpaired) electrons. The minimum Gasteiger partial charge on any atom is -0.330 e. The van der Waals surface area contributed by atoms with Gasteiger partial charge in [0.1, 0.15) is 11.5 Å². The van der Waals surface area contributed by atoms with Crippen LogP contribution in [-0.2, 0) is 6.42 Å². The van der Waals surface area contributed by atoms with Crippen LogP contribution in [0, 0.1) is 12.7 Å². The molecule has 7 heteroatoms. The molecule has 4 rings (SSSR count). The summed E-state index contributed by atoms with van der Waals surface area (Å²) >= 11 is 1.70. The number of carbonyl (C=O) groups excluding carboxylic acids is 1. The number of thiophene rings is 1. The second kappa shape index (κ2) is 7.31. The molecule has 0 bridgehead atoms. The van der Waals surface area contributed by atoms with E-state index in [4.69, 9.17) is 0 Å². The van der Waals surface area contributed by atoms with Crippen LogP contribution in [0.1, 0.15) is 46.0 Å². The number of rotatable bonds is 3. The molecule has 0 spiro atoms. The maximum Gasteiger partial charge on any atom is 0.278 e. The Labute approximate surface area is 166 Å². The number of aryl methyl sites for hydroxylation is 1. The third-order valence-corrected chi connectivity index (χ3v) is 6.13. The van der Waals surface area contributed by atoms with Gasteiger partial charge in [0.25, 0.3) is 5.91 Å². The Balaban J connectivity index is 1.77. The van der Waals surface area contributed by atoms with E-state index >= 15 is 0 Å². The van der Waals surface area contributed by atoms with E-state index in [1.165, 1.54) is 21.7 Å². The molecule has 28 heavy (non-hydrogen) atoms.